The van der Waals surface area contributed by atoms with Crippen molar-refractivity contribution in [1.82, 2.24) is 25.3 Å². The molecule has 0 atom stereocenters. The summed E-state index contributed by atoms with van der Waals surface area (Å²) in [6.07, 6.45) is 5.77. The fourth-order valence-corrected chi connectivity index (χ4v) is 3.00. The van der Waals surface area contributed by atoms with Crippen LogP contribution in [0.5, 0.6) is 0 Å². The van der Waals surface area contributed by atoms with Crippen LogP contribution >= 0.6 is 0 Å². The fourth-order valence-electron chi connectivity index (χ4n) is 3.00. The number of rotatable bonds is 10. The van der Waals surface area contributed by atoms with Gasteiger partial charge in [0.15, 0.2) is 11.6 Å². The van der Waals surface area contributed by atoms with Gasteiger partial charge in [0, 0.05) is 43.2 Å². The van der Waals surface area contributed by atoms with Gasteiger partial charge < -0.3 is 15.0 Å². The van der Waals surface area contributed by atoms with E-state index in [1.165, 1.54) is 12.8 Å². The van der Waals surface area contributed by atoms with Crippen LogP contribution in [0.3, 0.4) is 0 Å². The van der Waals surface area contributed by atoms with E-state index in [0.717, 1.165) is 43.2 Å². The second-order valence-corrected chi connectivity index (χ2v) is 6.91. The van der Waals surface area contributed by atoms with Gasteiger partial charge in [0.1, 0.15) is 5.82 Å². The molecule has 0 spiro atoms. The third kappa shape index (κ3) is 4.48. The molecule has 0 unspecified atom stereocenters. The molecule has 9 heteroatoms. The molecule has 4 rings (SSSR count). The van der Waals surface area contributed by atoms with E-state index in [2.05, 4.69) is 25.3 Å². The largest absolute Gasteiger partial charge is 0.384 e. The molecule has 1 saturated carbocycles. The van der Waals surface area contributed by atoms with Crippen molar-refractivity contribution >= 4 is 17.6 Å². The van der Waals surface area contributed by atoms with E-state index in [4.69, 9.17) is 15.0 Å². The van der Waals surface area contributed by atoms with Crippen molar-refractivity contribution in [3.63, 3.8) is 0 Å². The highest BCUT2D eigenvalue weighted by Gasteiger charge is 2.28. The molecule has 1 fully saturated rings. The number of nitrogens with two attached hydrogens (primary N) is 1. The highest BCUT2D eigenvalue weighted by atomic mass is 16.5. The van der Waals surface area contributed by atoms with Crippen LogP contribution in [0.1, 0.15) is 49.3 Å². The standard InChI is InChI=1S/C19H25N7O2/c1-2-27-9-3-4-14-10-18(24-23-14)26(19-21-8-7-17(20)22-19)12-15-11-16(25-28-15)13-5-6-13/h7-8,10-11,13H,2-6,9,12H2,1H3,(H,23,24)(H2,20,21,22). The number of H-pyrrole nitrogens is 1. The quantitative estimate of drug-likeness (QED) is 0.513. The highest BCUT2D eigenvalue weighted by molar-refractivity contribution is 5.54. The molecule has 148 valence electrons. The van der Waals surface area contributed by atoms with Gasteiger partial charge in [-0.3, -0.25) is 10.00 Å². The maximum Gasteiger partial charge on any atom is 0.233 e. The van der Waals surface area contributed by atoms with Gasteiger partial charge >= 0.3 is 0 Å². The Labute approximate surface area is 163 Å². The van der Waals surface area contributed by atoms with Crippen LogP contribution in [0.15, 0.2) is 28.9 Å². The van der Waals surface area contributed by atoms with Gasteiger partial charge in [-0.1, -0.05) is 5.16 Å². The highest BCUT2D eigenvalue weighted by Crippen LogP contribution is 2.39. The number of hydrogen-bond donors (Lipinski definition) is 2. The first kappa shape index (κ1) is 18.4. The van der Waals surface area contributed by atoms with Crippen molar-refractivity contribution in [2.75, 3.05) is 23.8 Å². The Balaban J connectivity index is 1.53. The fraction of sp³-hybridized carbons (Fsp3) is 0.474. The molecule has 0 aromatic carbocycles. The minimum absolute atomic E-state index is 0.402. The SMILES string of the molecule is CCOCCCc1cc(N(Cc2cc(C3CC3)no2)c2nccc(N)n2)n[nH]1. The molecule has 28 heavy (non-hydrogen) atoms. The lowest BCUT2D eigenvalue weighted by molar-refractivity contribution is 0.145. The summed E-state index contributed by atoms with van der Waals surface area (Å²) in [5.41, 5.74) is 7.91. The number of aryl methyl sites for hydroxylation is 1. The van der Waals surface area contributed by atoms with E-state index in [-0.39, 0.29) is 0 Å². The number of hydrogen-bond acceptors (Lipinski definition) is 8. The third-order valence-corrected chi connectivity index (χ3v) is 4.63. The monoisotopic (exact) mass is 383 g/mol. The number of nitrogens with one attached hydrogen (secondary N) is 1. The maximum atomic E-state index is 5.86. The molecule has 9 nitrogen and oxygen atoms in total. The van der Waals surface area contributed by atoms with Gasteiger partial charge in [0.05, 0.1) is 12.2 Å². The van der Waals surface area contributed by atoms with Crippen LogP contribution in [0.2, 0.25) is 0 Å². The normalized spacial score (nSPS) is 13.8. The van der Waals surface area contributed by atoms with Crippen molar-refractivity contribution in [1.29, 1.82) is 0 Å². The number of aromatic amines is 1. The topological polar surface area (TPSA) is 119 Å². The molecule has 1 aliphatic carbocycles. The summed E-state index contributed by atoms with van der Waals surface area (Å²) in [6.45, 7) is 3.88. The molecule has 3 N–H and O–H groups in total. The number of aromatic nitrogens is 5. The molecular formula is C19H25N7O2. The third-order valence-electron chi connectivity index (χ3n) is 4.63. The number of nitrogens with zero attached hydrogens (tertiary/aromatic N) is 5. The summed E-state index contributed by atoms with van der Waals surface area (Å²) in [5, 5.41) is 11.7. The van der Waals surface area contributed by atoms with Crippen LogP contribution in [-0.4, -0.2) is 38.5 Å². The minimum atomic E-state index is 0.402. The van der Waals surface area contributed by atoms with Crippen LogP contribution in [0.4, 0.5) is 17.6 Å². The van der Waals surface area contributed by atoms with Crippen molar-refractivity contribution in [3.05, 3.63) is 41.5 Å². The van der Waals surface area contributed by atoms with Crippen LogP contribution in [0.25, 0.3) is 0 Å². The summed E-state index contributed by atoms with van der Waals surface area (Å²) < 4.78 is 10.9. The molecule has 3 aromatic heterocycles. The lowest BCUT2D eigenvalue weighted by Crippen LogP contribution is -2.19. The lowest BCUT2D eigenvalue weighted by atomic mass is 10.2. The molecule has 1 aliphatic rings. The van der Waals surface area contributed by atoms with E-state index in [1.54, 1.807) is 12.3 Å². The van der Waals surface area contributed by atoms with Gasteiger partial charge in [-0.2, -0.15) is 10.1 Å². The molecule has 0 radical (unpaired) electrons. The van der Waals surface area contributed by atoms with Crippen molar-refractivity contribution in [2.45, 2.75) is 45.1 Å². The average Bonchev–Trinajstić information content (AvgIpc) is 3.26. The molecule has 0 bridgehead atoms. The molecule has 0 saturated heterocycles. The first-order valence-electron chi connectivity index (χ1n) is 9.66. The van der Waals surface area contributed by atoms with Gasteiger partial charge in [0.2, 0.25) is 5.95 Å². The lowest BCUT2D eigenvalue weighted by Gasteiger charge is -2.18. The van der Waals surface area contributed by atoms with Gasteiger partial charge in [-0.15, -0.1) is 0 Å². The van der Waals surface area contributed by atoms with Crippen LogP contribution in [0, 0.1) is 0 Å². The number of anilines is 3. The van der Waals surface area contributed by atoms with Crippen molar-refractivity contribution in [3.8, 4) is 0 Å². The predicted octanol–water partition coefficient (Wildman–Crippen LogP) is 2.95. The van der Waals surface area contributed by atoms with Crippen molar-refractivity contribution < 1.29 is 9.26 Å². The van der Waals surface area contributed by atoms with E-state index in [9.17, 15) is 0 Å². The molecule has 3 heterocycles. The van der Waals surface area contributed by atoms with E-state index in [0.29, 0.717) is 30.0 Å². The first-order valence-corrected chi connectivity index (χ1v) is 9.66. The van der Waals surface area contributed by atoms with Gasteiger partial charge in [-0.25, -0.2) is 4.98 Å². The Morgan fingerprint density at radius 1 is 1.36 bits per heavy atom. The Kier molecular flexibility index (Phi) is 5.52. The van der Waals surface area contributed by atoms with E-state index in [1.807, 2.05) is 24.0 Å². The Bertz CT molecular complexity index is 903. The average molecular weight is 383 g/mol. The second-order valence-electron chi connectivity index (χ2n) is 6.91. The van der Waals surface area contributed by atoms with Crippen LogP contribution < -0.4 is 10.6 Å². The zero-order valence-electron chi connectivity index (χ0n) is 16.0. The summed E-state index contributed by atoms with van der Waals surface area (Å²) in [4.78, 5) is 10.6. The van der Waals surface area contributed by atoms with Gasteiger partial charge in [-0.05, 0) is 38.7 Å². The Morgan fingerprint density at radius 3 is 3.04 bits per heavy atom. The predicted molar refractivity (Wildman–Crippen MR) is 104 cm³/mol. The smallest absolute Gasteiger partial charge is 0.233 e. The minimum Gasteiger partial charge on any atom is -0.384 e. The van der Waals surface area contributed by atoms with E-state index < -0.39 is 0 Å². The number of ether oxygens (including phenoxy) is 1. The molecular weight excluding hydrogens is 358 g/mol. The zero-order valence-corrected chi connectivity index (χ0v) is 16.0. The Morgan fingerprint density at radius 2 is 2.25 bits per heavy atom. The van der Waals surface area contributed by atoms with Gasteiger partial charge in [0.25, 0.3) is 0 Å². The summed E-state index contributed by atoms with van der Waals surface area (Å²) in [6, 6.07) is 5.66. The van der Waals surface area contributed by atoms with E-state index >= 15 is 0 Å². The maximum absolute atomic E-state index is 5.86. The molecule has 3 aromatic rings. The molecule has 0 amide bonds. The zero-order chi connectivity index (χ0) is 19.3. The second kappa shape index (κ2) is 8.39. The molecule has 0 aliphatic heterocycles. The van der Waals surface area contributed by atoms with Crippen LogP contribution in [-0.2, 0) is 17.7 Å². The van der Waals surface area contributed by atoms with Crippen molar-refractivity contribution in [2.24, 2.45) is 0 Å². The number of nitrogen functional groups attached to an aromatic ring is 1. The summed E-state index contributed by atoms with van der Waals surface area (Å²) >= 11 is 0. The summed E-state index contributed by atoms with van der Waals surface area (Å²) in [5.74, 6) is 2.86. The summed E-state index contributed by atoms with van der Waals surface area (Å²) in [7, 11) is 0. The first-order chi connectivity index (χ1) is 13.7. The Hall–Kier alpha value is -2.94.